The second-order valence-corrected chi connectivity index (χ2v) is 5.07. The highest BCUT2D eigenvalue weighted by Crippen LogP contribution is 2.11. The van der Waals surface area contributed by atoms with Crippen molar-refractivity contribution in [3.05, 3.63) is 24.2 Å². The van der Waals surface area contributed by atoms with Crippen molar-refractivity contribution in [3.63, 3.8) is 0 Å². The van der Waals surface area contributed by atoms with Gasteiger partial charge in [-0.3, -0.25) is 0 Å². The summed E-state index contributed by atoms with van der Waals surface area (Å²) < 4.78 is 5.31. The van der Waals surface area contributed by atoms with E-state index in [-0.39, 0.29) is 0 Å². The zero-order chi connectivity index (χ0) is 11.9. The van der Waals surface area contributed by atoms with E-state index in [1.807, 2.05) is 12.1 Å². The summed E-state index contributed by atoms with van der Waals surface area (Å²) in [6.45, 7) is 4.48. The van der Waals surface area contributed by atoms with Crippen LogP contribution >= 0.6 is 0 Å². The van der Waals surface area contributed by atoms with E-state index in [4.69, 9.17) is 4.42 Å². The van der Waals surface area contributed by atoms with Crippen molar-refractivity contribution >= 4 is 0 Å². The molecule has 2 atom stereocenters. The molecule has 2 rings (SSSR count). The van der Waals surface area contributed by atoms with Crippen LogP contribution in [0.25, 0.3) is 0 Å². The van der Waals surface area contributed by atoms with Crippen molar-refractivity contribution in [1.82, 2.24) is 10.6 Å². The number of hydrogen-bond donors (Lipinski definition) is 2. The first-order valence-electron chi connectivity index (χ1n) is 6.84. The molecule has 0 bridgehead atoms. The molecule has 1 aliphatic heterocycles. The van der Waals surface area contributed by atoms with Crippen molar-refractivity contribution in [2.24, 2.45) is 0 Å². The highest BCUT2D eigenvalue weighted by Gasteiger charge is 2.15. The molecular formula is C14H24N2O. The van der Waals surface area contributed by atoms with Crippen LogP contribution in [0.15, 0.2) is 22.8 Å². The zero-order valence-electron chi connectivity index (χ0n) is 10.7. The summed E-state index contributed by atoms with van der Waals surface area (Å²) in [7, 11) is 0. The average Bonchev–Trinajstić information content (AvgIpc) is 2.83. The maximum Gasteiger partial charge on any atom is 0.105 e. The predicted octanol–water partition coefficient (Wildman–Crippen LogP) is 2.33. The van der Waals surface area contributed by atoms with Crippen LogP contribution in [-0.2, 0) is 6.42 Å². The molecule has 17 heavy (non-hydrogen) atoms. The largest absolute Gasteiger partial charge is 0.469 e. The van der Waals surface area contributed by atoms with Crippen LogP contribution in [0.2, 0.25) is 0 Å². The Hall–Kier alpha value is -0.800. The van der Waals surface area contributed by atoms with Crippen LogP contribution in [0.5, 0.6) is 0 Å². The van der Waals surface area contributed by atoms with Gasteiger partial charge >= 0.3 is 0 Å². The van der Waals surface area contributed by atoms with Gasteiger partial charge in [0.2, 0.25) is 0 Å². The summed E-state index contributed by atoms with van der Waals surface area (Å²) in [5, 5.41) is 7.16. The molecule has 0 radical (unpaired) electrons. The van der Waals surface area contributed by atoms with Crippen LogP contribution in [0, 0.1) is 0 Å². The molecule has 0 saturated carbocycles. The Labute approximate surface area is 104 Å². The topological polar surface area (TPSA) is 37.2 Å². The first kappa shape index (κ1) is 12.7. The zero-order valence-corrected chi connectivity index (χ0v) is 10.7. The Bertz CT molecular complexity index is 291. The maximum atomic E-state index is 5.31. The SMILES string of the molecule is CC(CC1CCCCN1)NCCc1ccco1. The van der Waals surface area contributed by atoms with Crippen LogP contribution in [-0.4, -0.2) is 25.2 Å². The minimum absolute atomic E-state index is 0.584. The molecule has 96 valence electrons. The number of nitrogens with one attached hydrogen (secondary N) is 2. The van der Waals surface area contributed by atoms with Gasteiger partial charge in [-0.1, -0.05) is 6.42 Å². The Morgan fingerprint density at radius 3 is 3.18 bits per heavy atom. The standard InChI is InChI=1S/C14H24N2O/c1-12(11-13-5-2-3-8-16-13)15-9-7-14-6-4-10-17-14/h4,6,10,12-13,15-16H,2-3,5,7-9,11H2,1H3. The molecule has 1 aromatic rings. The van der Waals surface area contributed by atoms with Gasteiger partial charge < -0.3 is 15.1 Å². The molecule has 0 amide bonds. The number of furan rings is 1. The van der Waals surface area contributed by atoms with Crippen molar-refractivity contribution in [2.45, 2.75) is 51.1 Å². The van der Waals surface area contributed by atoms with E-state index in [0.717, 1.165) is 24.8 Å². The van der Waals surface area contributed by atoms with Crippen LogP contribution < -0.4 is 10.6 Å². The predicted molar refractivity (Wildman–Crippen MR) is 70.1 cm³/mol. The lowest BCUT2D eigenvalue weighted by Crippen LogP contribution is -2.40. The minimum Gasteiger partial charge on any atom is -0.469 e. The van der Waals surface area contributed by atoms with E-state index in [1.54, 1.807) is 6.26 Å². The maximum absolute atomic E-state index is 5.31. The molecule has 0 aliphatic carbocycles. The Morgan fingerprint density at radius 2 is 2.47 bits per heavy atom. The van der Waals surface area contributed by atoms with Gasteiger partial charge in [-0.25, -0.2) is 0 Å². The molecule has 1 aliphatic rings. The molecule has 3 heteroatoms. The number of rotatable bonds is 6. The Morgan fingerprint density at radius 1 is 1.53 bits per heavy atom. The van der Waals surface area contributed by atoms with E-state index in [1.165, 1.54) is 32.2 Å². The average molecular weight is 236 g/mol. The van der Waals surface area contributed by atoms with Crippen molar-refractivity contribution in [1.29, 1.82) is 0 Å². The molecule has 2 unspecified atom stereocenters. The van der Waals surface area contributed by atoms with Gasteiger partial charge in [0.25, 0.3) is 0 Å². The molecular weight excluding hydrogens is 212 g/mol. The molecule has 1 saturated heterocycles. The molecule has 3 nitrogen and oxygen atoms in total. The monoisotopic (exact) mass is 236 g/mol. The van der Waals surface area contributed by atoms with Crippen molar-refractivity contribution in [2.75, 3.05) is 13.1 Å². The summed E-state index contributed by atoms with van der Waals surface area (Å²) in [6.07, 6.45) is 8.02. The van der Waals surface area contributed by atoms with Gasteiger partial charge in [-0.05, 0) is 44.9 Å². The van der Waals surface area contributed by atoms with E-state index in [0.29, 0.717) is 6.04 Å². The highest BCUT2D eigenvalue weighted by atomic mass is 16.3. The fraction of sp³-hybridized carbons (Fsp3) is 0.714. The summed E-state index contributed by atoms with van der Waals surface area (Å²) in [4.78, 5) is 0. The van der Waals surface area contributed by atoms with Gasteiger partial charge in [0.15, 0.2) is 0 Å². The fourth-order valence-electron chi connectivity index (χ4n) is 2.53. The molecule has 2 N–H and O–H groups in total. The number of hydrogen-bond acceptors (Lipinski definition) is 3. The Balaban J connectivity index is 1.58. The molecule has 0 spiro atoms. The summed E-state index contributed by atoms with van der Waals surface area (Å²) in [6, 6.07) is 5.29. The fourth-order valence-corrected chi connectivity index (χ4v) is 2.53. The Kier molecular flexibility index (Phi) is 5.08. The van der Waals surface area contributed by atoms with Gasteiger partial charge in [0, 0.05) is 25.0 Å². The highest BCUT2D eigenvalue weighted by molar-refractivity contribution is 4.98. The van der Waals surface area contributed by atoms with E-state index >= 15 is 0 Å². The van der Waals surface area contributed by atoms with Crippen LogP contribution in [0.1, 0.15) is 38.4 Å². The normalized spacial score (nSPS) is 22.5. The molecule has 2 heterocycles. The number of piperidine rings is 1. The lowest BCUT2D eigenvalue weighted by molar-refractivity contribution is 0.344. The quantitative estimate of drug-likeness (QED) is 0.796. The molecule has 0 aromatic carbocycles. The third-order valence-electron chi connectivity index (χ3n) is 3.49. The van der Waals surface area contributed by atoms with E-state index in [9.17, 15) is 0 Å². The summed E-state index contributed by atoms with van der Waals surface area (Å²) in [5.41, 5.74) is 0. The van der Waals surface area contributed by atoms with Crippen molar-refractivity contribution in [3.8, 4) is 0 Å². The summed E-state index contributed by atoms with van der Waals surface area (Å²) >= 11 is 0. The molecule has 1 fully saturated rings. The van der Waals surface area contributed by atoms with Gasteiger partial charge in [0.1, 0.15) is 5.76 Å². The lowest BCUT2D eigenvalue weighted by Gasteiger charge is -2.26. The second-order valence-electron chi connectivity index (χ2n) is 5.07. The van der Waals surface area contributed by atoms with Gasteiger partial charge in [0.05, 0.1) is 6.26 Å². The summed E-state index contributed by atoms with van der Waals surface area (Å²) in [5.74, 6) is 1.07. The molecule has 1 aromatic heterocycles. The van der Waals surface area contributed by atoms with Crippen LogP contribution in [0.4, 0.5) is 0 Å². The van der Waals surface area contributed by atoms with E-state index in [2.05, 4.69) is 17.6 Å². The van der Waals surface area contributed by atoms with Gasteiger partial charge in [-0.15, -0.1) is 0 Å². The third-order valence-corrected chi connectivity index (χ3v) is 3.49. The van der Waals surface area contributed by atoms with Crippen LogP contribution in [0.3, 0.4) is 0 Å². The first-order valence-corrected chi connectivity index (χ1v) is 6.84. The minimum atomic E-state index is 0.584. The lowest BCUT2D eigenvalue weighted by atomic mass is 9.99. The smallest absolute Gasteiger partial charge is 0.105 e. The van der Waals surface area contributed by atoms with Gasteiger partial charge in [-0.2, -0.15) is 0 Å². The first-order chi connectivity index (χ1) is 8.34. The van der Waals surface area contributed by atoms with Crippen molar-refractivity contribution < 1.29 is 4.42 Å². The third kappa shape index (κ3) is 4.52. The second kappa shape index (κ2) is 6.82. The van der Waals surface area contributed by atoms with E-state index < -0.39 is 0 Å².